The van der Waals surface area contributed by atoms with E-state index in [2.05, 4.69) is 64.3 Å². The van der Waals surface area contributed by atoms with Gasteiger partial charge in [0.15, 0.2) is 0 Å². The highest BCUT2D eigenvalue weighted by Gasteiger charge is 1.98. The Hall–Kier alpha value is -3.72. The van der Waals surface area contributed by atoms with Crippen molar-refractivity contribution >= 4 is 11.4 Å². The number of hydrogen-bond acceptors (Lipinski definition) is 2. The minimum Gasteiger partial charge on any atom is -0.260 e. The summed E-state index contributed by atoms with van der Waals surface area (Å²) in [7, 11) is 0. The second-order valence-corrected chi connectivity index (χ2v) is 6.17. The molecule has 0 atom stereocenters. The minimum absolute atomic E-state index is 0.808. The molecule has 0 saturated heterocycles. The van der Waals surface area contributed by atoms with Gasteiger partial charge in [0.25, 0.3) is 0 Å². The van der Waals surface area contributed by atoms with Crippen LogP contribution >= 0.6 is 0 Å². The van der Waals surface area contributed by atoms with Crippen LogP contribution in [-0.2, 0) is 0 Å². The van der Waals surface area contributed by atoms with Crippen molar-refractivity contribution in [2.75, 3.05) is 5.43 Å². The Morgan fingerprint density at radius 3 is 1.41 bits per heavy atom. The number of anilines is 1. The van der Waals surface area contributed by atoms with Gasteiger partial charge in [-0.15, -0.1) is 5.11 Å². The van der Waals surface area contributed by atoms with E-state index < -0.39 is 0 Å². The fourth-order valence-corrected chi connectivity index (χ4v) is 2.86. The molecule has 0 aliphatic carbocycles. The van der Waals surface area contributed by atoms with Gasteiger partial charge in [-0.3, -0.25) is 5.43 Å². The summed E-state index contributed by atoms with van der Waals surface area (Å²) in [6, 6.07) is 36.8. The maximum atomic E-state index is 4.23. The SMILES string of the molecule is c1ccc(-c2ccc(/N=N/Nc3ccc(-c4ccccc4)cc3)cc2)cc1. The molecular formula is C24H19N3. The highest BCUT2D eigenvalue weighted by atomic mass is 15.4. The Labute approximate surface area is 159 Å². The molecule has 0 radical (unpaired) electrons. The molecule has 0 spiro atoms. The summed E-state index contributed by atoms with van der Waals surface area (Å²) in [4.78, 5) is 0. The second kappa shape index (κ2) is 8.11. The van der Waals surface area contributed by atoms with Crippen molar-refractivity contribution in [1.29, 1.82) is 0 Å². The van der Waals surface area contributed by atoms with Crippen LogP contribution in [0.4, 0.5) is 11.4 Å². The largest absolute Gasteiger partial charge is 0.260 e. The predicted octanol–water partition coefficient (Wildman–Crippen LogP) is 7.13. The fraction of sp³-hybridized carbons (Fsp3) is 0. The Morgan fingerprint density at radius 1 is 0.444 bits per heavy atom. The van der Waals surface area contributed by atoms with Gasteiger partial charge in [0, 0.05) is 0 Å². The fourth-order valence-electron chi connectivity index (χ4n) is 2.86. The van der Waals surface area contributed by atoms with Crippen molar-refractivity contribution in [3.8, 4) is 22.3 Å². The molecule has 27 heavy (non-hydrogen) atoms. The Bertz CT molecular complexity index is 1010. The first-order valence-corrected chi connectivity index (χ1v) is 8.86. The average molecular weight is 349 g/mol. The smallest absolute Gasteiger partial charge is 0.0874 e. The number of rotatable bonds is 5. The van der Waals surface area contributed by atoms with Crippen LogP contribution in [0.3, 0.4) is 0 Å². The third-order valence-corrected chi connectivity index (χ3v) is 4.31. The molecule has 3 heteroatoms. The lowest BCUT2D eigenvalue weighted by Gasteiger charge is -2.04. The van der Waals surface area contributed by atoms with Crippen LogP contribution in [0.15, 0.2) is 120 Å². The topological polar surface area (TPSA) is 36.8 Å². The number of nitrogens with zero attached hydrogens (tertiary/aromatic N) is 2. The molecule has 0 bridgehead atoms. The van der Waals surface area contributed by atoms with E-state index in [9.17, 15) is 0 Å². The molecule has 0 aromatic heterocycles. The molecule has 0 fully saturated rings. The number of nitrogens with one attached hydrogen (secondary N) is 1. The molecule has 0 amide bonds. The van der Waals surface area contributed by atoms with Crippen LogP contribution in [-0.4, -0.2) is 0 Å². The first-order valence-electron chi connectivity index (χ1n) is 8.86. The van der Waals surface area contributed by atoms with Crippen molar-refractivity contribution < 1.29 is 0 Å². The lowest BCUT2D eigenvalue weighted by molar-refractivity contribution is 1.13. The number of benzene rings is 4. The van der Waals surface area contributed by atoms with E-state index in [1.807, 2.05) is 60.7 Å². The van der Waals surface area contributed by atoms with Crippen molar-refractivity contribution in [1.82, 2.24) is 0 Å². The third-order valence-electron chi connectivity index (χ3n) is 4.31. The molecule has 3 nitrogen and oxygen atoms in total. The molecule has 0 aliphatic rings. The second-order valence-electron chi connectivity index (χ2n) is 6.17. The molecular weight excluding hydrogens is 330 g/mol. The summed E-state index contributed by atoms with van der Waals surface area (Å²) >= 11 is 0. The van der Waals surface area contributed by atoms with Crippen LogP contribution in [0.1, 0.15) is 0 Å². The Kier molecular flexibility index (Phi) is 5.02. The molecule has 0 unspecified atom stereocenters. The molecule has 1 N–H and O–H groups in total. The molecule has 130 valence electrons. The van der Waals surface area contributed by atoms with Gasteiger partial charge in [0.2, 0.25) is 0 Å². The summed E-state index contributed by atoms with van der Waals surface area (Å²) in [5, 5.41) is 8.32. The predicted molar refractivity (Wildman–Crippen MR) is 112 cm³/mol. The normalized spacial score (nSPS) is 10.8. The lowest BCUT2D eigenvalue weighted by atomic mass is 10.1. The zero-order valence-electron chi connectivity index (χ0n) is 14.8. The van der Waals surface area contributed by atoms with Gasteiger partial charge in [-0.1, -0.05) is 90.2 Å². The summed E-state index contributed by atoms with van der Waals surface area (Å²) in [5.74, 6) is 0. The van der Waals surface area contributed by atoms with Crippen LogP contribution < -0.4 is 5.43 Å². The van der Waals surface area contributed by atoms with Gasteiger partial charge < -0.3 is 0 Å². The standard InChI is InChI=1S/C24H19N3/c1-3-7-19(8-4-1)21-11-15-23(16-12-21)25-27-26-24-17-13-22(14-18-24)20-9-5-2-6-10-20/h1-18H,(H,25,26). The molecule has 4 aromatic carbocycles. The van der Waals surface area contributed by atoms with Crippen LogP contribution in [0.2, 0.25) is 0 Å². The summed E-state index contributed by atoms with van der Waals surface area (Å²) in [6.45, 7) is 0. The van der Waals surface area contributed by atoms with Gasteiger partial charge >= 0.3 is 0 Å². The van der Waals surface area contributed by atoms with Crippen molar-refractivity contribution in [3.63, 3.8) is 0 Å². The maximum Gasteiger partial charge on any atom is 0.0874 e. The first-order chi connectivity index (χ1) is 13.4. The van der Waals surface area contributed by atoms with E-state index >= 15 is 0 Å². The van der Waals surface area contributed by atoms with E-state index in [-0.39, 0.29) is 0 Å². The maximum absolute atomic E-state index is 4.23. The summed E-state index contributed by atoms with van der Waals surface area (Å²) in [6.07, 6.45) is 0. The highest BCUT2D eigenvalue weighted by molar-refractivity contribution is 5.66. The molecule has 0 heterocycles. The van der Waals surface area contributed by atoms with Crippen molar-refractivity contribution in [2.24, 2.45) is 10.3 Å². The van der Waals surface area contributed by atoms with Crippen LogP contribution in [0, 0.1) is 0 Å². The molecule has 0 saturated carbocycles. The number of hydrogen-bond donors (Lipinski definition) is 1. The quantitative estimate of drug-likeness (QED) is 0.302. The minimum atomic E-state index is 0.808. The van der Waals surface area contributed by atoms with Crippen LogP contribution in [0.5, 0.6) is 0 Å². The van der Waals surface area contributed by atoms with E-state index in [1.54, 1.807) is 0 Å². The Morgan fingerprint density at radius 2 is 0.889 bits per heavy atom. The summed E-state index contributed by atoms with van der Waals surface area (Å²) in [5.41, 5.74) is 9.42. The first kappa shape index (κ1) is 16.7. The lowest BCUT2D eigenvalue weighted by Crippen LogP contribution is -1.86. The van der Waals surface area contributed by atoms with Gasteiger partial charge in [0.1, 0.15) is 0 Å². The van der Waals surface area contributed by atoms with Crippen LogP contribution in [0.25, 0.3) is 22.3 Å². The van der Waals surface area contributed by atoms with Gasteiger partial charge in [0.05, 0.1) is 11.4 Å². The summed E-state index contributed by atoms with van der Waals surface area (Å²) < 4.78 is 0. The third kappa shape index (κ3) is 4.28. The van der Waals surface area contributed by atoms with E-state index in [0.29, 0.717) is 0 Å². The molecule has 4 aromatic rings. The van der Waals surface area contributed by atoms with E-state index in [4.69, 9.17) is 0 Å². The average Bonchev–Trinajstić information content (AvgIpc) is 2.76. The van der Waals surface area contributed by atoms with E-state index in [0.717, 1.165) is 11.4 Å². The molecule has 0 aliphatic heterocycles. The highest BCUT2D eigenvalue weighted by Crippen LogP contribution is 2.23. The van der Waals surface area contributed by atoms with Crippen molar-refractivity contribution in [3.05, 3.63) is 109 Å². The van der Waals surface area contributed by atoms with Gasteiger partial charge in [-0.05, 0) is 46.5 Å². The van der Waals surface area contributed by atoms with E-state index in [1.165, 1.54) is 22.3 Å². The van der Waals surface area contributed by atoms with Gasteiger partial charge in [-0.2, -0.15) is 0 Å². The monoisotopic (exact) mass is 349 g/mol. The van der Waals surface area contributed by atoms with Gasteiger partial charge in [-0.25, -0.2) is 0 Å². The van der Waals surface area contributed by atoms with Crippen molar-refractivity contribution in [2.45, 2.75) is 0 Å². The Balaban J connectivity index is 1.39. The zero-order chi connectivity index (χ0) is 18.3. The molecule has 4 rings (SSSR count). The zero-order valence-corrected chi connectivity index (χ0v) is 14.8.